The van der Waals surface area contributed by atoms with E-state index in [9.17, 15) is 4.39 Å². The number of nitrogens with two attached hydrogens (primary N) is 1. The summed E-state index contributed by atoms with van der Waals surface area (Å²) in [6, 6.07) is 13.4. The molecule has 6 nitrogen and oxygen atoms in total. The lowest BCUT2D eigenvalue weighted by Gasteiger charge is -2.08. The fourth-order valence-electron chi connectivity index (χ4n) is 1.70. The smallest absolute Gasteiger partial charge is 0.346 e. The molecule has 0 aliphatic carbocycles. The zero-order chi connectivity index (χ0) is 13.9. The molecule has 0 aliphatic rings. The Hall–Kier alpha value is -2.96. The van der Waals surface area contributed by atoms with Gasteiger partial charge in [0, 0.05) is 0 Å². The summed E-state index contributed by atoms with van der Waals surface area (Å²) < 4.78 is 20.4. The quantitative estimate of drug-likeness (QED) is 0.738. The lowest BCUT2D eigenvalue weighted by atomic mass is 10.3. The fraction of sp³-hybridized carbons (Fsp3) is 0. The molecule has 20 heavy (non-hydrogen) atoms. The number of rotatable bonds is 3. The van der Waals surface area contributed by atoms with Gasteiger partial charge in [0.05, 0.1) is 11.4 Å². The first-order valence-electron chi connectivity index (χ1n) is 5.81. The van der Waals surface area contributed by atoms with Crippen molar-refractivity contribution in [2.75, 3.05) is 5.73 Å². The summed E-state index contributed by atoms with van der Waals surface area (Å²) in [5.41, 5.74) is 6.55. The average Bonchev–Trinajstić information content (AvgIpc) is 2.92. The van der Waals surface area contributed by atoms with Gasteiger partial charge in [0.15, 0.2) is 11.6 Å². The second kappa shape index (κ2) is 4.96. The van der Waals surface area contributed by atoms with Crippen LogP contribution in [0.2, 0.25) is 0 Å². The van der Waals surface area contributed by atoms with Gasteiger partial charge in [-0.3, -0.25) is 0 Å². The van der Waals surface area contributed by atoms with Crippen LogP contribution >= 0.6 is 0 Å². The van der Waals surface area contributed by atoms with Crippen LogP contribution in [0, 0.1) is 5.82 Å². The molecular formula is C13H10FN5O. The van der Waals surface area contributed by atoms with Gasteiger partial charge >= 0.3 is 6.01 Å². The van der Waals surface area contributed by atoms with Crippen molar-refractivity contribution in [3.63, 3.8) is 0 Å². The fourth-order valence-corrected chi connectivity index (χ4v) is 1.70. The van der Waals surface area contributed by atoms with Crippen LogP contribution in [0.1, 0.15) is 0 Å². The molecule has 7 heteroatoms. The third kappa shape index (κ3) is 2.16. The SMILES string of the molecule is Nc1cccc(F)c1Oc1nnnn1-c1ccccc1. The van der Waals surface area contributed by atoms with Crippen LogP contribution in [0.4, 0.5) is 10.1 Å². The van der Waals surface area contributed by atoms with E-state index >= 15 is 0 Å². The van der Waals surface area contributed by atoms with Crippen molar-refractivity contribution < 1.29 is 9.13 Å². The largest absolute Gasteiger partial charge is 0.418 e. The van der Waals surface area contributed by atoms with Crippen molar-refractivity contribution >= 4 is 5.69 Å². The molecule has 0 spiro atoms. The van der Waals surface area contributed by atoms with Crippen molar-refractivity contribution in [1.29, 1.82) is 0 Å². The Morgan fingerprint density at radius 2 is 1.85 bits per heavy atom. The molecule has 100 valence electrons. The van der Waals surface area contributed by atoms with Gasteiger partial charge < -0.3 is 10.5 Å². The molecule has 0 saturated carbocycles. The molecule has 2 aromatic carbocycles. The molecule has 0 amide bonds. The van der Waals surface area contributed by atoms with Gasteiger partial charge in [0.1, 0.15) is 0 Å². The summed E-state index contributed by atoms with van der Waals surface area (Å²) in [4.78, 5) is 0. The number of halogens is 1. The molecule has 3 rings (SSSR count). The Balaban J connectivity index is 1.99. The van der Waals surface area contributed by atoms with Crippen LogP contribution in [-0.2, 0) is 0 Å². The van der Waals surface area contributed by atoms with Crippen LogP contribution < -0.4 is 10.5 Å². The Labute approximate surface area is 113 Å². The summed E-state index contributed by atoms with van der Waals surface area (Å²) in [5.74, 6) is -0.674. The first-order valence-corrected chi connectivity index (χ1v) is 5.81. The molecule has 0 fully saturated rings. The monoisotopic (exact) mass is 271 g/mol. The van der Waals surface area contributed by atoms with E-state index in [0.717, 1.165) is 0 Å². The number of ether oxygens (including phenoxy) is 1. The van der Waals surface area contributed by atoms with Gasteiger partial charge in [-0.15, -0.1) is 0 Å². The molecular weight excluding hydrogens is 261 g/mol. The molecule has 2 N–H and O–H groups in total. The second-order valence-electron chi connectivity index (χ2n) is 3.97. The Morgan fingerprint density at radius 3 is 2.60 bits per heavy atom. The standard InChI is InChI=1S/C13H10FN5O/c14-10-7-4-8-11(15)12(10)20-13-16-17-18-19(13)9-5-2-1-3-6-9/h1-8H,15H2. The number of benzene rings is 2. The van der Waals surface area contributed by atoms with Gasteiger partial charge in [-0.2, -0.15) is 4.68 Å². The average molecular weight is 271 g/mol. The number of nitrogen functional groups attached to an aromatic ring is 1. The molecule has 0 saturated heterocycles. The highest BCUT2D eigenvalue weighted by Gasteiger charge is 2.15. The van der Waals surface area contributed by atoms with Gasteiger partial charge in [0.2, 0.25) is 0 Å². The highest BCUT2D eigenvalue weighted by molar-refractivity contribution is 5.53. The van der Waals surface area contributed by atoms with Crippen molar-refractivity contribution in [2.45, 2.75) is 0 Å². The molecule has 1 heterocycles. The Kier molecular flexibility index (Phi) is 3.00. The Bertz CT molecular complexity index is 708. The van der Waals surface area contributed by atoms with Crippen molar-refractivity contribution in [1.82, 2.24) is 20.2 Å². The number of nitrogens with zero attached hydrogens (tertiary/aromatic N) is 4. The second-order valence-corrected chi connectivity index (χ2v) is 3.97. The lowest BCUT2D eigenvalue weighted by molar-refractivity contribution is 0.402. The summed E-state index contributed by atoms with van der Waals surface area (Å²) in [6.07, 6.45) is 0. The van der Waals surface area contributed by atoms with E-state index in [1.807, 2.05) is 18.2 Å². The highest BCUT2D eigenvalue weighted by atomic mass is 19.1. The summed E-state index contributed by atoms with van der Waals surface area (Å²) in [7, 11) is 0. The van der Waals surface area contributed by atoms with Gasteiger partial charge in [-0.05, 0) is 34.7 Å². The number of hydrogen-bond acceptors (Lipinski definition) is 5. The topological polar surface area (TPSA) is 78.8 Å². The first-order chi connectivity index (χ1) is 9.75. The van der Waals surface area contributed by atoms with Crippen LogP contribution in [-0.4, -0.2) is 20.2 Å². The van der Waals surface area contributed by atoms with E-state index in [-0.39, 0.29) is 17.4 Å². The Morgan fingerprint density at radius 1 is 1.05 bits per heavy atom. The van der Waals surface area contributed by atoms with E-state index in [2.05, 4.69) is 15.5 Å². The first kappa shape index (κ1) is 12.1. The minimum Gasteiger partial charge on any atom is -0.418 e. The maximum absolute atomic E-state index is 13.7. The zero-order valence-electron chi connectivity index (χ0n) is 10.3. The number of tetrazole rings is 1. The molecule has 0 radical (unpaired) electrons. The molecule has 0 unspecified atom stereocenters. The number of hydrogen-bond donors (Lipinski definition) is 1. The van der Waals surface area contributed by atoms with E-state index in [1.165, 1.54) is 22.9 Å². The maximum Gasteiger partial charge on any atom is 0.346 e. The third-order valence-electron chi connectivity index (χ3n) is 2.63. The van der Waals surface area contributed by atoms with E-state index in [0.29, 0.717) is 5.69 Å². The van der Waals surface area contributed by atoms with E-state index in [1.54, 1.807) is 12.1 Å². The number of anilines is 1. The minimum absolute atomic E-state index is 0.0352. The molecule has 0 bridgehead atoms. The van der Waals surface area contributed by atoms with Crippen molar-refractivity contribution in [3.8, 4) is 17.4 Å². The number of aromatic nitrogens is 4. The predicted molar refractivity (Wildman–Crippen MR) is 70.0 cm³/mol. The summed E-state index contributed by atoms with van der Waals surface area (Å²) >= 11 is 0. The zero-order valence-corrected chi connectivity index (χ0v) is 10.3. The summed E-state index contributed by atoms with van der Waals surface area (Å²) in [6.45, 7) is 0. The van der Waals surface area contributed by atoms with Crippen LogP contribution in [0.15, 0.2) is 48.5 Å². The molecule has 3 aromatic rings. The van der Waals surface area contributed by atoms with E-state index < -0.39 is 5.82 Å². The van der Waals surface area contributed by atoms with Crippen LogP contribution in [0.5, 0.6) is 11.8 Å². The normalized spacial score (nSPS) is 10.4. The van der Waals surface area contributed by atoms with Crippen LogP contribution in [0.25, 0.3) is 5.69 Å². The maximum atomic E-state index is 13.7. The minimum atomic E-state index is -0.576. The van der Waals surface area contributed by atoms with Crippen LogP contribution in [0.3, 0.4) is 0 Å². The lowest BCUT2D eigenvalue weighted by Crippen LogP contribution is -2.02. The van der Waals surface area contributed by atoms with Crippen molar-refractivity contribution in [3.05, 3.63) is 54.3 Å². The van der Waals surface area contributed by atoms with Crippen molar-refractivity contribution in [2.24, 2.45) is 0 Å². The van der Waals surface area contributed by atoms with E-state index in [4.69, 9.17) is 10.5 Å². The predicted octanol–water partition coefficient (Wildman–Crippen LogP) is 2.18. The van der Waals surface area contributed by atoms with Gasteiger partial charge in [-0.25, -0.2) is 4.39 Å². The molecule has 0 atom stereocenters. The summed E-state index contributed by atoms with van der Waals surface area (Å²) in [5, 5.41) is 11.1. The number of para-hydroxylation sites is 2. The third-order valence-corrected chi connectivity index (χ3v) is 2.63. The molecule has 0 aliphatic heterocycles. The molecule has 1 aromatic heterocycles. The van der Waals surface area contributed by atoms with Gasteiger partial charge in [-0.1, -0.05) is 29.4 Å². The highest BCUT2D eigenvalue weighted by Crippen LogP contribution is 2.29. The van der Waals surface area contributed by atoms with Gasteiger partial charge in [0.25, 0.3) is 0 Å².